The summed E-state index contributed by atoms with van der Waals surface area (Å²) < 4.78 is 0. The van der Waals surface area contributed by atoms with Crippen molar-refractivity contribution in [2.75, 3.05) is 81.5 Å². The van der Waals surface area contributed by atoms with Gasteiger partial charge in [0.1, 0.15) is 66.5 Å². The van der Waals surface area contributed by atoms with Crippen molar-refractivity contribution in [1.82, 2.24) is 60.5 Å². The number of nitrogens with one attached hydrogen (secondary N) is 4. The van der Waals surface area contributed by atoms with Crippen LogP contribution in [-0.4, -0.2) is 274 Å². The highest BCUT2D eigenvalue weighted by Crippen LogP contribution is 2.27. The first-order valence-electron chi connectivity index (χ1n) is 33.6. The molecule has 11 amide bonds. The molecule has 1 rings (SSSR count). The predicted octanol–water partition coefficient (Wildman–Crippen LogP) is 3.44. The number of carbonyl (C=O) groups is 11. The zero-order valence-corrected chi connectivity index (χ0v) is 62.8. The number of allylic oxidation sites excluding steroid dienone is 2. The van der Waals surface area contributed by atoms with Gasteiger partial charge in [0.25, 0.3) is 0 Å². The van der Waals surface area contributed by atoms with Gasteiger partial charge in [-0.15, -0.1) is 0 Å². The molecule has 0 aromatic heterocycles. The number of likely N-dealkylation sites (N-methyl/N-ethyl adjacent to an activating group) is 7. The second-order valence-electron chi connectivity index (χ2n) is 28.9. The fourth-order valence-corrected chi connectivity index (χ4v) is 12.7. The summed E-state index contributed by atoms with van der Waals surface area (Å²) in [6, 6.07) is -14.4. The van der Waals surface area contributed by atoms with Gasteiger partial charge in [0.15, 0.2) is 0 Å². The first-order chi connectivity index (χ1) is 43.3. The van der Waals surface area contributed by atoms with Gasteiger partial charge in [-0.1, -0.05) is 95.2 Å². The molecule has 1 aliphatic rings. The van der Waals surface area contributed by atoms with Crippen LogP contribution in [0.5, 0.6) is 0 Å². The van der Waals surface area contributed by atoms with Gasteiger partial charge in [-0.05, 0) is 135 Å². The first kappa shape index (κ1) is 86.2. The largest absolute Gasteiger partial charge is 0.390 e. The topological polar surface area (TPSA) is 302 Å². The number of amides is 11. The van der Waals surface area contributed by atoms with Gasteiger partial charge >= 0.3 is 0 Å². The maximum atomic E-state index is 15.4. The third kappa shape index (κ3) is 25.3. The van der Waals surface area contributed by atoms with Crippen molar-refractivity contribution in [2.24, 2.45) is 35.5 Å². The van der Waals surface area contributed by atoms with Crippen LogP contribution >= 0.6 is 11.8 Å². The van der Waals surface area contributed by atoms with Gasteiger partial charge in [0, 0.05) is 61.5 Å². The van der Waals surface area contributed by atoms with Crippen molar-refractivity contribution in [2.45, 2.75) is 241 Å². The number of aliphatic hydroxyl groups excluding tert-OH is 1. The molecule has 26 heteroatoms. The summed E-state index contributed by atoms with van der Waals surface area (Å²) in [6.45, 7) is 29.7. The van der Waals surface area contributed by atoms with Gasteiger partial charge in [0.2, 0.25) is 65.0 Å². The molecule has 0 unspecified atom stereocenters. The van der Waals surface area contributed by atoms with Crippen LogP contribution in [0, 0.1) is 35.5 Å². The molecule has 540 valence electrons. The lowest BCUT2D eigenvalue weighted by Gasteiger charge is -2.41. The molecule has 1 saturated heterocycles. The van der Waals surface area contributed by atoms with Crippen molar-refractivity contribution in [3.63, 3.8) is 0 Å². The van der Waals surface area contributed by atoms with Crippen LogP contribution in [0.15, 0.2) is 12.2 Å². The summed E-state index contributed by atoms with van der Waals surface area (Å²) in [5.74, 6) is -9.67. The Hall–Kier alpha value is -5.86. The van der Waals surface area contributed by atoms with Gasteiger partial charge < -0.3 is 70.7 Å². The molecule has 0 spiro atoms. The Morgan fingerprint density at radius 2 is 0.957 bits per heavy atom. The van der Waals surface area contributed by atoms with E-state index in [0.29, 0.717) is 12.2 Å². The van der Waals surface area contributed by atoms with Gasteiger partial charge in [-0.25, -0.2) is 0 Å². The Kier molecular flexibility index (Phi) is 36.1. The molecule has 1 heterocycles. The van der Waals surface area contributed by atoms with E-state index >= 15 is 28.8 Å². The molecular weight excluding hydrogens is 1220 g/mol. The number of aliphatic hydroxyl groups is 2. The highest BCUT2D eigenvalue weighted by atomic mass is 32.2. The zero-order valence-electron chi connectivity index (χ0n) is 62.0. The molecule has 25 nitrogen and oxygen atoms in total. The summed E-state index contributed by atoms with van der Waals surface area (Å²) in [5, 5.41) is 34.7. The maximum Gasteiger partial charge on any atom is 0.246 e. The second-order valence-corrected chi connectivity index (χ2v) is 30.1. The molecule has 1 aliphatic heterocycles. The van der Waals surface area contributed by atoms with Crippen molar-refractivity contribution >= 4 is 76.7 Å². The molecule has 0 saturated carbocycles. The molecular formula is C68H124N12O13S. The van der Waals surface area contributed by atoms with E-state index < -0.39 is 161 Å². The van der Waals surface area contributed by atoms with Crippen molar-refractivity contribution in [3.05, 3.63) is 12.2 Å². The Morgan fingerprint density at radius 3 is 1.43 bits per heavy atom. The lowest BCUT2D eigenvalue weighted by Crippen LogP contribution is -2.64. The number of nitrogens with zero attached hydrogens (tertiary/aromatic N) is 8. The average Bonchev–Trinajstić information content (AvgIpc) is 0.810. The number of rotatable bonds is 21. The fourth-order valence-electron chi connectivity index (χ4n) is 11.7. The zero-order chi connectivity index (χ0) is 72.9. The highest BCUT2D eigenvalue weighted by Gasteiger charge is 2.47. The SMILES string of the molecule is C/C=C/C[C@@H](C)[C@@H](O)[C@H]1C(=O)N[C@@H](CC)C(=O)N(C)[C@H](CSCCCN(C)C)C(=O)N(C)[C@@H](CC(C)(C)O)C(=O)N[C@@H](C(C)C)C(=O)N(C)[C@@H](CC(C)C)C(=O)N[C@@H](C)C(=O)N[C@H](C)C(=O)N(C)[C@@H](CC(C)C)C(=O)N(C)[C@@H](CC(C)C)C(=O)N(C)[C@@H](C(C)C)C(=O)N1C. The molecule has 13 atom stereocenters. The van der Waals surface area contributed by atoms with Crippen LogP contribution in [0.4, 0.5) is 0 Å². The van der Waals surface area contributed by atoms with E-state index in [9.17, 15) is 34.2 Å². The van der Waals surface area contributed by atoms with Crippen LogP contribution < -0.4 is 21.3 Å². The van der Waals surface area contributed by atoms with E-state index in [0.717, 1.165) is 16.3 Å². The Morgan fingerprint density at radius 1 is 0.521 bits per heavy atom. The van der Waals surface area contributed by atoms with E-state index in [1.165, 1.54) is 113 Å². The molecule has 0 aromatic rings. The Bertz CT molecular complexity index is 2560. The van der Waals surface area contributed by atoms with Crippen LogP contribution in [-0.2, 0) is 52.7 Å². The minimum Gasteiger partial charge on any atom is -0.390 e. The molecule has 0 aliphatic carbocycles. The second kappa shape index (κ2) is 39.4. The van der Waals surface area contributed by atoms with Crippen LogP contribution in [0.2, 0.25) is 0 Å². The Labute approximate surface area is 567 Å². The smallest absolute Gasteiger partial charge is 0.246 e. The highest BCUT2D eigenvalue weighted by molar-refractivity contribution is 7.99. The predicted molar refractivity (Wildman–Crippen MR) is 369 cm³/mol. The minimum absolute atomic E-state index is 0.0239. The first-order valence-corrected chi connectivity index (χ1v) is 34.8. The Balaban J connectivity index is 4.57. The van der Waals surface area contributed by atoms with E-state index in [1.807, 2.05) is 60.5 Å². The average molecular weight is 1350 g/mol. The lowest BCUT2D eigenvalue weighted by atomic mass is 9.91. The maximum absolute atomic E-state index is 15.4. The molecule has 94 heavy (non-hydrogen) atoms. The quantitative estimate of drug-likeness (QED) is 0.0709. The van der Waals surface area contributed by atoms with E-state index in [-0.39, 0.29) is 62.0 Å². The molecule has 0 bridgehead atoms. The number of thioether (sulfide) groups is 1. The normalized spacial score (nSPS) is 26.5. The molecule has 0 radical (unpaired) electrons. The van der Waals surface area contributed by atoms with Gasteiger partial charge in [-0.2, -0.15) is 11.8 Å². The number of carbonyl (C=O) groups excluding carboxylic acids is 11. The van der Waals surface area contributed by atoms with Gasteiger partial charge in [0.05, 0.1) is 11.7 Å². The van der Waals surface area contributed by atoms with E-state index in [1.54, 1.807) is 60.6 Å². The lowest BCUT2D eigenvalue weighted by molar-refractivity contribution is -0.157. The fraction of sp³-hybridized carbons (Fsp3) is 0.809. The summed E-state index contributed by atoms with van der Waals surface area (Å²) in [4.78, 5) is 174. The molecule has 1 fully saturated rings. The minimum atomic E-state index is -1.66. The molecule has 0 aromatic carbocycles. The summed E-state index contributed by atoms with van der Waals surface area (Å²) in [5.41, 5.74) is -1.58. The van der Waals surface area contributed by atoms with Crippen molar-refractivity contribution < 1.29 is 63.0 Å². The number of hydrogen-bond donors (Lipinski definition) is 6. The van der Waals surface area contributed by atoms with Crippen molar-refractivity contribution in [1.29, 1.82) is 0 Å². The number of hydrogen-bond acceptors (Lipinski definition) is 15. The summed E-state index contributed by atoms with van der Waals surface area (Å²) in [7, 11) is 13.7. The summed E-state index contributed by atoms with van der Waals surface area (Å²) in [6.07, 6.45) is 3.08. The van der Waals surface area contributed by atoms with E-state index in [4.69, 9.17) is 0 Å². The summed E-state index contributed by atoms with van der Waals surface area (Å²) >= 11 is 1.39. The van der Waals surface area contributed by atoms with Crippen LogP contribution in [0.25, 0.3) is 0 Å². The van der Waals surface area contributed by atoms with E-state index in [2.05, 4.69) is 21.3 Å². The van der Waals surface area contributed by atoms with Crippen LogP contribution in [0.3, 0.4) is 0 Å². The third-order valence-corrected chi connectivity index (χ3v) is 18.7. The molecule has 6 N–H and O–H groups in total. The van der Waals surface area contributed by atoms with Crippen LogP contribution in [0.1, 0.15) is 163 Å². The third-order valence-electron chi connectivity index (χ3n) is 17.6. The van der Waals surface area contributed by atoms with Crippen molar-refractivity contribution in [3.8, 4) is 0 Å². The standard InChI is InChI=1S/C68H124N12O13S/c1-27-29-31-44(13)56(81)55-60(85)71-47(28-2)62(87)78(24)52(38-94-33-30-32-73(18)19)65(90)77(23)51(37-68(16,17)93)59(84)72-53(42(9)10)66(91)74(20)48(34-39(3)4)58(83)69-45(14)57(82)70-46(15)61(86)75(21)49(35-40(5)6)63(88)76(22)50(36-41(7)8)64(89)79(25)54(43(11)12)67(92)80(55)26/h27,29,39-56,81,93H,28,30-38H2,1-26H3,(H,69,83)(H,70,82)(H,71,85)(H,72,84)/b29-27+/t44-,45+,46-,47+,48+,49+,50+,51+,52-,53+,54+,55+,56-/m1/s1. The monoisotopic (exact) mass is 1350 g/mol. The van der Waals surface area contributed by atoms with Gasteiger partial charge in [-0.3, -0.25) is 52.7 Å².